The molecular weight excluding hydrogens is 1450 g/mol. The molecule has 15 heteroatoms. The molecule has 2 aliphatic heterocycles. The first-order chi connectivity index (χ1) is 56.8. The van der Waals surface area contributed by atoms with Crippen molar-refractivity contribution in [3.8, 4) is 5.75 Å². The Hall–Kier alpha value is -8.68. The Bertz CT molecular complexity index is 4490. The van der Waals surface area contributed by atoms with Crippen molar-refractivity contribution in [1.82, 2.24) is 0 Å². The molecule has 15 nitrogen and oxygen atoms in total. The minimum atomic E-state index is -0.801. The van der Waals surface area contributed by atoms with Crippen LogP contribution in [0.1, 0.15) is 145 Å². The van der Waals surface area contributed by atoms with Crippen molar-refractivity contribution in [2.45, 2.75) is 198 Å². The molecule has 15 rings (SSSR count). The molecule has 0 aromatic heterocycles. The van der Waals surface area contributed by atoms with Gasteiger partial charge in [0.1, 0.15) is 54.6 Å². The maximum absolute atomic E-state index is 13.7. The van der Waals surface area contributed by atoms with E-state index in [4.69, 9.17) is 56.8 Å². The number of carbonyl (C=O) groups is 2. The molecule has 0 bridgehead atoms. The van der Waals surface area contributed by atoms with E-state index < -0.39 is 78.4 Å². The number of esters is 1. The van der Waals surface area contributed by atoms with Crippen molar-refractivity contribution in [1.29, 1.82) is 0 Å². The van der Waals surface area contributed by atoms with Crippen LogP contribution in [0.15, 0.2) is 261 Å². The Kier molecular flexibility index (Phi) is 27.9. The van der Waals surface area contributed by atoms with Crippen LogP contribution < -0.4 is 4.74 Å². The van der Waals surface area contributed by atoms with Crippen molar-refractivity contribution in [2.24, 2.45) is 58.2 Å². The zero-order valence-corrected chi connectivity index (χ0v) is 67.9. The first kappa shape index (κ1) is 82.4. The average Bonchev–Trinajstić information content (AvgIpc) is 1.38. The van der Waals surface area contributed by atoms with Gasteiger partial charge in [-0.1, -0.05) is 263 Å². The predicted octanol–water partition coefficient (Wildman–Crippen LogP) is 19.7. The van der Waals surface area contributed by atoms with E-state index >= 15 is 0 Å². The lowest BCUT2D eigenvalue weighted by Gasteiger charge is -2.68. The van der Waals surface area contributed by atoms with Crippen molar-refractivity contribution < 1.29 is 71.5 Å². The van der Waals surface area contributed by atoms with E-state index in [1.165, 1.54) is 7.11 Å². The molecule has 9 aromatic rings. The summed E-state index contributed by atoms with van der Waals surface area (Å²) in [7, 11) is 3.16. The molecule has 0 amide bonds. The van der Waals surface area contributed by atoms with Gasteiger partial charge in [0.2, 0.25) is 0 Å². The summed E-state index contributed by atoms with van der Waals surface area (Å²) in [6.07, 6.45) is -0.171. The number of ether oxygens (including phenoxy) is 12. The van der Waals surface area contributed by atoms with E-state index in [1.54, 1.807) is 13.2 Å². The van der Waals surface area contributed by atoms with Gasteiger partial charge in [0, 0.05) is 6.42 Å². The minimum Gasteiger partial charge on any atom is -0.496 e. The highest BCUT2D eigenvalue weighted by Gasteiger charge is 2.71. The lowest BCUT2D eigenvalue weighted by Crippen LogP contribution is -2.69. The highest BCUT2D eigenvalue weighted by atomic mass is 16.6. The molecule has 610 valence electrons. The number of benzene rings is 9. The Morgan fingerprint density at radius 3 is 1.25 bits per heavy atom. The molecule has 9 aromatic carbocycles. The van der Waals surface area contributed by atoms with Gasteiger partial charge in [-0.3, -0.25) is 4.79 Å². The number of methoxy groups -OCH3 is 2. The third-order valence-corrected chi connectivity index (χ3v) is 27.3. The van der Waals surface area contributed by atoms with Crippen LogP contribution in [0, 0.1) is 58.2 Å². The van der Waals surface area contributed by atoms with Crippen molar-refractivity contribution in [3.05, 3.63) is 316 Å². The summed E-state index contributed by atoms with van der Waals surface area (Å²) in [6, 6.07) is 88.7. The molecule has 0 spiro atoms. The third kappa shape index (κ3) is 19.2. The van der Waals surface area contributed by atoms with Gasteiger partial charge in [-0.2, -0.15) is 0 Å². The van der Waals surface area contributed by atoms with Gasteiger partial charge in [-0.05, 0) is 184 Å². The van der Waals surface area contributed by atoms with Crippen LogP contribution in [0.5, 0.6) is 5.75 Å². The first-order valence-corrected chi connectivity index (χ1v) is 42.3. The molecule has 2 heterocycles. The monoisotopic (exact) mass is 1570 g/mol. The zero-order valence-electron chi connectivity index (χ0n) is 67.9. The van der Waals surface area contributed by atoms with Crippen LogP contribution in [0.2, 0.25) is 0 Å². The standard InChI is InChI=1S/C101H116O15/c1-68(46-51-89(102)103)82-48-49-83-90-81(91-95(111-62-73-38-22-10-23-39-73)97(113-64-75-42-26-12-27-43-75)93(109-60-71-34-18-8-19-35-71)87(115-91)66-107-58-69-30-14-6-15-31-69)56-79-54-77(80-55-78(99(104)106-5)47-50-86(80)105-4)52-53-100(79,2)84(90)57-85(101(82,83)3)92-96(112-63-74-40-24-11-25-41-74)98(114-65-76-44-28-13-29-45-76)94(110-61-72-36-20-9-21-37-72)88(116-92)67-108-59-70-32-16-7-17-33-70/h6-45,47,50,55,68,77,79,81-85,87-88,90-98H,46,48-49,51-54,56-67H2,1-5H3,(H,102,103)/t68-,77-,79+,81+,82-,83?,84?,85+,87-,88-,90?,91?,92+,93-,94-,95+,96+,97+,98+,100+,101-/m1/s1. The number of carboxylic acid groups (broad SMARTS) is 1. The van der Waals surface area contributed by atoms with Crippen LogP contribution in [0.4, 0.5) is 0 Å². The van der Waals surface area contributed by atoms with Crippen molar-refractivity contribution in [2.75, 3.05) is 27.4 Å². The lowest BCUT2D eigenvalue weighted by molar-refractivity contribution is -0.312. The summed E-state index contributed by atoms with van der Waals surface area (Å²) in [5.74, 6) is -0.584. The fraction of sp³-hybridized carbons (Fsp3) is 0.446. The van der Waals surface area contributed by atoms with E-state index in [2.05, 4.69) is 178 Å². The summed E-state index contributed by atoms with van der Waals surface area (Å²) in [5.41, 5.74) is 8.89. The predicted molar refractivity (Wildman–Crippen MR) is 446 cm³/mol. The average molecular weight is 1570 g/mol. The van der Waals surface area contributed by atoms with Gasteiger partial charge in [0.25, 0.3) is 0 Å². The second-order valence-corrected chi connectivity index (χ2v) is 34.0. The molecule has 0 radical (unpaired) electrons. The summed E-state index contributed by atoms with van der Waals surface area (Å²) in [5, 5.41) is 10.7. The summed E-state index contributed by atoms with van der Waals surface area (Å²) in [4.78, 5) is 26.7. The normalized spacial score (nSPS) is 29.8. The highest BCUT2D eigenvalue weighted by molar-refractivity contribution is 5.89. The minimum absolute atomic E-state index is 0.00150. The van der Waals surface area contributed by atoms with Gasteiger partial charge in [0.15, 0.2) is 0 Å². The molecule has 21 atom stereocenters. The Balaban J connectivity index is 0.918. The van der Waals surface area contributed by atoms with E-state index in [-0.39, 0.29) is 105 Å². The van der Waals surface area contributed by atoms with Crippen LogP contribution >= 0.6 is 0 Å². The fourth-order valence-electron chi connectivity index (χ4n) is 21.6. The molecule has 116 heavy (non-hydrogen) atoms. The maximum atomic E-state index is 13.7. The van der Waals surface area contributed by atoms with E-state index in [1.807, 2.05) is 97.1 Å². The highest BCUT2D eigenvalue weighted by Crippen LogP contribution is 2.74. The quantitative estimate of drug-likeness (QED) is 0.0373. The van der Waals surface area contributed by atoms with Gasteiger partial charge in [-0.15, -0.1) is 0 Å². The number of carbonyl (C=O) groups excluding carboxylic acids is 1. The summed E-state index contributed by atoms with van der Waals surface area (Å²) >= 11 is 0. The maximum Gasteiger partial charge on any atom is 0.337 e. The Labute approximate surface area is 685 Å². The third-order valence-electron chi connectivity index (χ3n) is 27.3. The molecule has 6 fully saturated rings. The van der Waals surface area contributed by atoms with Crippen molar-refractivity contribution in [3.63, 3.8) is 0 Å². The zero-order chi connectivity index (χ0) is 79.8. The van der Waals surface area contributed by atoms with Gasteiger partial charge in [-0.25, -0.2) is 4.79 Å². The number of hydrogen-bond acceptors (Lipinski definition) is 14. The molecule has 2 saturated heterocycles. The largest absolute Gasteiger partial charge is 0.496 e. The SMILES string of the molecule is COC(=O)c1ccc(OC)c([C@@H]2CC[C@]3(C)C4C[C@@H]([C@@H]5O[C@H](COCc6ccccc6)[C@@H](OCc6ccccc6)[C@H](OCc6ccccc6)[C@H]5OCc5ccccc5)[C@@]5(C)C(CC[C@@H]5[C@H](C)CCC(=O)O)C4[C@@H](C4O[C@H](COCc5ccccc5)[C@@H](OCc5ccccc5)[C@H](OCc5ccccc5)[C@H]4OCc4ccccc4)C[C@@H]3C2)c1. The van der Waals surface area contributed by atoms with Crippen LogP contribution in [-0.2, 0) is 110 Å². The summed E-state index contributed by atoms with van der Waals surface area (Å²) in [6.45, 7) is 10.4. The first-order valence-electron chi connectivity index (χ1n) is 42.3. The van der Waals surface area contributed by atoms with Gasteiger partial charge < -0.3 is 61.9 Å². The molecule has 4 unspecified atom stereocenters. The van der Waals surface area contributed by atoms with Crippen LogP contribution in [0.3, 0.4) is 0 Å². The Morgan fingerprint density at radius 2 is 0.836 bits per heavy atom. The van der Waals surface area contributed by atoms with Gasteiger partial charge in [0.05, 0.1) is 98.1 Å². The second-order valence-electron chi connectivity index (χ2n) is 34.0. The van der Waals surface area contributed by atoms with E-state index in [9.17, 15) is 14.7 Å². The fourth-order valence-corrected chi connectivity index (χ4v) is 21.6. The molecule has 4 aliphatic carbocycles. The molecule has 1 N–H and O–H groups in total. The lowest BCUT2D eigenvalue weighted by atomic mass is 9.38. The number of fused-ring (bicyclic) bond motifs is 5. The topological polar surface area (TPSA) is 165 Å². The van der Waals surface area contributed by atoms with Crippen molar-refractivity contribution >= 4 is 11.9 Å². The summed E-state index contributed by atoms with van der Waals surface area (Å²) < 4.78 is 88.2. The Morgan fingerprint density at radius 1 is 0.440 bits per heavy atom. The van der Waals surface area contributed by atoms with E-state index in [0.717, 1.165) is 101 Å². The number of carboxylic acids is 1. The van der Waals surface area contributed by atoms with Crippen LogP contribution in [-0.4, -0.2) is 106 Å². The van der Waals surface area contributed by atoms with Crippen LogP contribution in [0.25, 0.3) is 0 Å². The smallest absolute Gasteiger partial charge is 0.337 e. The number of hydrogen-bond donors (Lipinski definition) is 1. The molecule has 4 saturated carbocycles. The van der Waals surface area contributed by atoms with Gasteiger partial charge >= 0.3 is 11.9 Å². The molecule has 6 aliphatic rings. The van der Waals surface area contributed by atoms with E-state index in [0.29, 0.717) is 38.4 Å². The number of aliphatic carboxylic acids is 1. The molecular formula is C101H116O15. The second kappa shape index (κ2) is 39.3. The number of rotatable bonds is 35.